The van der Waals surface area contributed by atoms with Crippen molar-refractivity contribution in [3.63, 3.8) is 0 Å². The van der Waals surface area contributed by atoms with Gasteiger partial charge in [0, 0.05) is 11.1 Å². The third-order valence-electron chi connectivity index (χ3n) is 2.42. The Balaban J connectivity index is 1.94. The molecule has 0 amide bonds. The highest BCUT2D eigenvalue weighted by atomic mass is 79.9. The molecule has 1 saturated heterocycles. The van der Waals surface area contributed by atoms with Crippen molar-refractivity contribution in [3.8, 4) is 5.75 Å². The first-order chi connectivity index (χ1) is 7.25. The topological polar surface area (TPSA) is 44.5 Å². The Bertz CT molecular complexity index is 337. The molecule has 1 aliphatic heterocycles. The Morgan fingerprint density at radius 2 is 2.40 bits per heavy atom. The van der Waals surface area contributed by atoms with Crippen LogP contribution in [0.15, 0.2) is 22.7 Å². The van der Waals surface area contributed by atoms with Crippen LogP contribution in [0.1, 0.15) is 12.8 Å². The summed E-state index contributed by atoms with van der Waals surface area (Å²) in [6, 6.07) is 5.60. The molecule has 1 aromatic carbocycles. The highest BCUT2D eigenvalue weighted by Gasteiger charge is 2.16. The van der Waals surface area contributed by atoms with Gasteiger partial charge in [-0.25, -0.2) is 0 Å². The molecule has 0 saturated carbocycles. The van der Waals surface area contributed by atoms with E-state index < -0.39 is 0 Å². The van der Waals surface area contributed by atoms with Gasteiger partial charge in [0.25, 0.3) is 0 Å². The average molecular weight is 272 g/mol. The molecule has 0 bridgehead atoms. The minimum absolute atomic E-state index is 0.225. The van der Waals surface area contributed by atoms with Crippen LogP contribution in [-0.2, 0) is 4.74 Å². The predicted molar refractivity (Wildman–Crippen MR) is 63.0 cm³/mol. The lowest BCUT2D eigenvalue weighted by Crippen LogP contribution is -2.16. The van der Waals surface area contributed by atoms with Crippen molar-refractivity contribution in [2.75, 3.05) is 18.9 Å². The maximum absolute atomic E-state index is 5.79. The van der Waals surface area contributed by atoms with Gasteiger partial charge >= 0.3 is 0 Å². The van der Waals surface area contributed by atoms with E-state index in [1.165, 1.54) is 0 Å². The van der Waals surface area contributed by atoms with Gasteiger partial charge in [-0.1, -0.05) is 15.9 Å². The van der Waals surface area contributed by atoms with E-state index in [0.717, 1.165) is 29.7 Å². The Labute approximate surface area is 97.7 Å². The van der Waals surface area contributed by atoms with Gasteiger partial charge in [-0.2, -0.15) is 0 Å². The van der Waals surface area contributed by atoms with Crippen LogP contribution in [0, 0.1) is 0 Å². The number of hydrogen-bond donors (Lipinski definition) is 1. The lowest BCUT2D eigenvalue weighted by Gasteiger charge is -2.13. The van der Waals surface area contributed by atoms with E-state index >= 15 is 0 Å². The minimum Gasteiger partial charge on any atom is -0.489 e. The Kier molecular flexibility index (Phi) is 3.49. The van der Waals surface area contributed by atoms with Crippen LogP contribution in [-0.4, -0.2) is 19.3 Å². The second-order valence-corrected chi connectivity index (χ2v) is 4.54. The van der Waals surface area contributed by atoms with Crippen molar-refractivity contribution < 1.29 is 9.47 Å². The number of nitrogen functional groups attached to an aromatic ring is 1. The molecule has 1 unspecified atom stereocenters. The molecule has 2 N–H and O–H groups in total. The van der Waals surface area contributed by atoms with Crippen molar-refractivity contribution in [1.82, 2.24) is 0 Å². The molecule has 82 valence electrons. The summed E-state index contributed by atoms with van der Waals surface area (Å²) >= 11 is 3.38. The average Bonchev–Trinajstić information content (AvgIpc) is 2.72. The number of benzene rings is 1. The Morgan fingerprint density at radius 1 is 1.53 bits per heavy atom. The number of halogens is 1. The van der Waals surface area contributed by atoms with E-state index in [2.05, 4.69) is 15.9 Å². The molecule has 1 heterocycles. The number of ether oxygens (including phenoxy) is 2. The number of anilines is 1. The number of hydrogen-bond acceptors (Lipinski definition) is 3. The van der Waals surface area contributed by atoms with Crippen molar-refractivity contribution in [2.24, 2.45) is 0 Å². The highest BCUT2D eigenvalue weighted by molar-refractivity contribution is 9.10. The lowest BCUT2D eigenvalue weighted by atomic mass is 10.2. The normalized spacial score (nSPS) is 20.5. The van der Waals surface area contributed by atoms with Crippen LogP contribution in [0.4, 0.5) is 5.69 Å². The summed E-state index contributed by atoms with van der Waals surface area (Å²) in [7, 11) is 0. The third-order valence-corrected chi connectivity index (χ3v) is 2.92. The molecule has 0 aromatic heterocycles. The molecule has 0 radical (unpaired) electrons. The molecule has 0 aliphatic carbocycles. The fourth-order valence-electron chi connectivity index (χ4n) is 1.59. The summed E-state index contributed by atoms with van der Waals surface area (Å²) in [6.45, 7) is 1.43. The predicted octanol–water partition coefficient (Wildman–Crippen LogP) is 2.59. The largest absolute Gasteiger partial charge is 0.489 e. The minimum atomic E-state index is 0.225. The zero-order valence-electron chi connectivity index (χ0n) is 8.41. The summed E-state index contributed by atoms with van der Waals surface area (Å²) in [5.74, 6) is 0.722. The first-order valence-corrected chi connectivity index (χ1v) is 5.84. The Morgan fingerprint density at radius 3 is 3.13 bits per heavy atom. The molecular weight excluding hydrogens is 258 g/mol. The van der Waals surface area contributed by atoms with Crippen LogP contribution in [0.3, 0.4) is 0 Å². The first-order valence-electron chi connectivity index (χ1n) is 5.05. The van der Waals surface area contributed by atoms with E-state index in [-0.39, 0.29) is 6.10 Å². The van der Waals surface area contributed by atoms with E-state index in [0.29, 0.717) is 12.3 Å². The van der Waals surface area contributed by atoms with Crippen LogP contribution in [0.5, 0.6) is 5.75 Å². The second kappa shape index (κ2) is 4.86. The van der Waals surface area contributed by atoms with E-state index in [1.54, 1.807) is 0 Å². The molecule has 3 nitrogen and oxygen atoms in total. The monoisotopic (exact) mass is 271 g/mol. The summed E-state index contributed by atoms with van der Waals surface area (Å²) in [5, 5.41) is 0. The van der Waals surface area contributed by atoms with Crippen molar-refractivity contribution in [3.05, 3.63) is 22.7 Å². The maximum atomic E-state index is 5.79. The zero-order chi connectivity index (χ0) is 10.7. The molecule has 2 rings (SSSR count). The molecule has 15 heavy (non-hydrogen) atoms. The van der Waals surface area contributed by atoms with E-state index in [4.69, 9.17) is 15.2 Å². The fraction of sp³-hybridized carbons (Fsp3) is 0.455. The van der Waals surface area contributed by atoms with Crippen LogP contribution >= 0.6 is 15.9 Å². The van der Waals surface area contributed by atoms with Gasteiger partial charge < -0.3 is 15.2 Å². The SMILES string of the molecule is Nc1ccc(Br)cc1OCC1CCCO1. The summed E-state index contributed by atoms with van der Waals surface area (Å²) in [4.78, 5) is 0. The van der Waals surface area contributed by atoms with Gasteiger partial charge in [-0.3, -0.25) is 0 Å². The molecule has 0 spiro atoms. The van der Waals surface area contributed by atoms with Crippen molar-refractivity contribution in [2.45, 2.75) is 18.9 Å². The smallest absolute Gasteiger partial charge is 0.143 e. The van der Waals surface area contributed by atoms with Crippen LogP contribution < -0.4 is 10.5 Å². The van der Waals surface area contributed by atoms with Gasteiger partial charge in [0.05, 0.1) is 11.8 Å². The van der Waals surface area contributed by atoms with Gasteiger partial charge in [0.15, 0.2) is 0 Å². The van der Waals surface area contributed by atoms with E-state index in [9.17, 15) is 0 Å². The maximum Gasteiger partial charge on any atom is 0.143 e. The molecular formula is C11H14BrNO2. The van der Waals surface area contributed by atoms with Gasteiger partial charge in [0.2, 0.25) is 0 Å². The van der Waals surface area contributed by atoms with E-state index in [1.807, 2.05) is 18.2 Å². The lowest BCUT2D eigenvalue weighted by molar-refractivity contribution is 0.0682. The molecule has 1 aromatic rings. The number of nitrogens with two attached hydrogens (primary N) is 1. The second-order valence-electron chi connectivity index (χ2n) is 3.63. The van der Waals surface area contributed by atoms with Crippen molar-refractivity contribution in [1.29, 1.82) is 0 Å². The molecule has 4 heteroatoms. The van der Waals surface area contributed by atoms with Gasteiger partial charge in [-0.05, 0) is 31.0 Å². The summed E-state index contributed by atoms with van der Waals surface area (Å²) in [5.41, 5.74) is 6.45. The summed E-state index contributed by atoms with van der Waals surface area (Å²) in [6.07, 6.45) is 2.43. The molecule has 1 fully saturated rings. The van der Waals surface area contributed by atoms with Gasteiger partial charge in [-0.15, -0.1) is 0 Å². The van der Waals surface area contributed by atoms with Gasteiger partial charge in [0.1, 0.15) is 12.4 Å². The van der Waals surface area contributed by atoms with Crippen molar-refractivity contribution >= 4 is 21.6 Å². The third kappa shape index (κ3) is 2.86. The first kappa shape index (κ1) is 10.8. The van der Waals surface area contributed by atoms with Crippen LogP contribution in [0.2, 0.25) is 0 Å². The van der Waals surface area contributed by atoms with Crippen LogP contribution in [0.25, 0.3) is 0 Å². The zero-order valence-corrected chi connectivity index (χ0v) is 10.00. The summed E-state index contributed by atoms with van der Waals surface area (Å²) < 4.78 is 12.1. The molecule has 1 aliphatic rings. The quantitative estimate of drug-likeness (QED) is 0.860. The fourth-order valence-corrected chi connectivity index (χ4v) is 1.93. The highest BCUT2D eigenvalue weighted by Crippen LogP contribution is 2.26. The standard InChI is InChI=1S/C11H14BrNO2/c12-8-3-4-10(13)11(6-8)15-7-9-2-1-5-14-9/h3-4,6,9H,1-2,5,7,13H2. The molecule has 1 atom stereocenters. The number of rotatable bonds is 3. The Hall–Kier alpha value is -0.740.